The first-order valence-corrected chi connectivity index (χ1v) is 11.2. The Morgan fingerprint density at radius 1 is 1.22 bits per heavy atom. The van der Waals surface area contributed by atoms with Gasteiger partial charge in [-0.15, -0.1) is 0 Å². The van der Waals surface area contributed by atoms with E-state index in [1.165, 1.54) is 6.20 Å². The van der Waals surface area contributed by atoms with Crippen LogP contribution in [0.4, 0.5) is 5.82 Å². The molecule has 4 heterocycles. The summed E-state index contributed by atoms with van der Waals surface area (Å²) < 4.78 is 7.64. The summed E-state index contributed by atoms with van der Waals surface area (Å²) in [5.74, 6) is 6.74. The minimum atomic E-state index is -0.324. The van der Waals surface area contributed by atoms with Crippen molar-refractivity contribution < 1.29 is 9.53 Å². The van der Waals surface area contributed by atoms with Gasteiger partial charge in [0.25, 0.3) is 5.91 Å². The fourth-order valence-corrected chi connectivity index (χ4v) is 4.72. The monoisotopic (exact) mass is 446 g/mol. The number of rotatable bonds is 4. The van der Waals surface area contributed by atoms with Gasteiger partial charge in [-0.1, -0.05) is 41.6 Å². The van der Waals surface area contributed by atoms with Crippen molar-refractivity contribution in [1.82, 2.24) is 14.8 Å². The summed E-state index contributed by atoms with van der Waals surface area (Å²) in [7, 11) is 0. The fourth-order valence-electron chi connectivity index (χ4n) is 4.49. The van der Waals surface area contributed by atoms with Gasteiger partial charge in [-0.2, -0.15) is 5.10 Å². The third-order valence-electron chi connectivity index (χ3n) is 6.08. The molecule has 2 saturated heterocycles. The van der Waals surface area contributed by atoms with E-state index >= 15 is 0 Å². The standard InChI is InChI=1S/C25H23ClN4O2/c1-16-11-18(8-7-17-5-3-2-4-6-17)13-27-24(16)29-25(31)23-21(26)14-28-30(23)15-19-12-20-9-10-22(19)32-20/h2-6,11,13-14,19-20,22H,9-10,12,15H2,1H3,(H,27,29,31)/t19-,20+,22-/m1/s1. The van der Waals surface area contributed by atoms with Crippen LogP contribution in [0.1, 0.15) is 46.4 Å². The molecule has 2 bridgehead atoms. The number of amides is 1. The van der Waals surface area contributed by atoms with Crippen molar-refractivity contribution in [2.24, 2.45) is 5.92 Å². The van der Waals surface area contributed by atoms with Crippen molar-refractivity contribution in [3.8, 4) is 11.8 Å². The highest BCUT2D eigenvalue weighted by Gasteiger charge is 2.41. The molecule has 0 spiro atoms. The molecule has 0 aliphatic carbocycles. The van der Waals surface area contributed by atoms with E-state index in [1.807, 2.05) is 43.3 Å². The van der Waals surface area contributed by atoms with E-state index in [9.17, 15) is 4.79 Å². The summed E-state index contributed by atoms with van der Waals surface area (Å²) in [5.41, 5.74) is 2.89. The highest BCUT2D eigenvalue weighted by atomic mass is 35.5. The second-order valence-corrected chi connectivity index (χ2v) is 8.76. The molecule has 1 aromatic carbocycles. The minimum Gasteiger partial charge on any atom is -0.375 e. The quantitative estimate of drug-likeness (QED) is 0.601. The first-order chi connectivity index (χ1) is 15.6. The molecule has 0 unspecified atom stereocenters. The van der Waals surface area contributed by atoms with Gasteiger partial charge in [0.2, 0.25) is 0 Å². The third kappa shape index (κ3) is 4.27. The van der Waals surface area contributed by atoms with Crippen LogP contribution in [-0.2, 0) is 11.3 Å². The average molecular weight is 447 g/mol. The lowest BCUT2D eigenvalue weighted by Crippen LogP contribution is -2.26. The molecule has 1 N–H and O–H groups in total. The molecule has 6 nitrogen and oxygen atoms in total. The molecule has 5 rings (SSSR count). The molecule has 3 atom stereocenters. The normalized spacial score (nSPS) is 21.2. The highest BCUT2D eigenvalue weighted by Crippen LogP contribution is 2.39. The van der Waals surface area contributed by atoms with Crippen LogP contribution < -0.4 is 5.32 Å². The second-order valence-electron chi connectivity index (χ2n) is 8.35. The smallest absolute Gasteiger partial charge is 0.276 e. The molecule has 2 aromatic heterocycles. The molecule has 162 valence electrons. The van der Waals surface area contributed by atoms with Crippen LogP contribution >= 0.6 is 11.6 Å². The first-order valence-electron chi connectivity index (χ1n) is 10.8. The average Bonchev–Trinajstić information content (AvgIpc) is 3.51. The third-order valence-corrected chi connectivity index (χ3v) is 6.36. The van der Waals surface area contributed by atoms with Crippen molar-refractivity contribution in [2.45, 2.75) is 44.9 Å². The molecule has 1 amide bonds. The van der Waals surface area contributed by atoms with Crippen molar-refractivity contribution in [1.29, 1.82) is 0 Å². The number of carbonyl (C=O) groups excluding carboxylic acids is 1. The van der Waals surface area contributed by atoms with Crippen molar-refractivity contribution >= 4 is 23.3 Å². The predicted molar refractivity (Wildman–Crippen MR) is 123 cm³/mol. The lowest BCUT2D eigenvalue weighted by Gasteiger charge is -2.19. The maximum atomic E-state index is 13.0. The van der Waals surface area contributed by atoms with E-state index < -0.39 is 0 Å². The first kappa shape index (κ1) is 20.7. The van der Waals surface area contributed by atoms with Gasteiger partial charge in [0.1, 0.15) is 11.5 Å². The molecule has 32 heavy (non-hydrogen) atoms. The number of nitrogens with zero attached hydrogens (tertiary/aromatic N) is 3. The Morgan fingerprint density at radius 2 is 2.03 bits per heavy atom. The molecule has 2 fully saturated rings. The van der Waals surface area contributed by atoms with Gasteiger partial charge in [0, 0.05) is 29.8 Å². The zero-order chi connectivity index (χ0) is 22.1. The SMILES string of the molecule is Cc1cc(C#Cc2ccccc2)cnc1NC(=O)c1c(Cl)cnn1C[C@H]1C[C@@H]2CC[C@H]1O2. The molecular formula is C25H23ClN4O2. The number of hydrogen-bond donors (Lipinski definition) is 1. The van der Waals surface area contributed by atoms with Crippen LogP contribution in [0.2, 0.25) is 5.02 Å². The van der Waals surface area contributed by atoms with Crippen molar-refractivity contribution in [3.63, 3.8) is 0 Å². The molecule has 7 heteroatoms. The lowest BCUT2D eigenvalue weighted by molar-refractivity contribution is 0.0883. The molecule has 0 saturated carbocycles. The Morgan fingerprint density at radius 3 is 2.75 bits per heavy atom. The van der Waals surface area contributed by atoms with E-state index in [-0.39, 0.29) is 12.0 Å². The number of anilines is 1. The number of carbonyl (C=O) groups is 1. The van der Waals surface area contributed by atoms with E-state index in [0.29, 0.717) is 35.1 Å². The Labute approximate surface area is 192 Å². The lowest BCUT2D eigenvalue weighted by atomic mass is 9.89. The number of halogens is 1. The van der Waals surface area contributed by atoms with Crippen LogP contribution in [-0.4, -0.2) is 32.9 Å². The topological polar surface area (TPSA) is 69.0 Å². The summed E-state index contributed by atoms with van der Waals surface area (Å²) in [5, 5.41) is 7.55. The van der Waals surface area contributed by atoms with Gasteiger partial charge in [0.05, 0.1) is 23.4 Å². The number of aryl methyl sites for hydroxylation is 1. The van der Waals surface area contributed by atoms with Gasteiger partial charge < -0.3 is 10.1 Å². The highest BCUT2D eigenvalue weighted by molar-refractivity contribution is 6.34. The molecule has 2 aliphatic heterocycles. The largest absolute Gasteiger partial charge is 0.375 e. The Kier molecular flexibility index (Phi) is 5.69. The summed E-state index contributed by atoms with van der Waals surface area (Å²) in [6, 6.07) is 11.7. The summed E-state index contributed by atoms with van der Waals surface area (Å²) in [6.07, 6.45) is 7.00. The number of ether oxygens (including phenoxy) is 1. The number of benzene rings is 1. The van der Waals surface area contributed by atoms with Crippen molar-refractivity contribution in [3.05, 3.63) is 76.2 Å². The molecule has 0 radical (unpaired) electrons. The second kappa shape index (κ2) is 8.78. The van der Waals surface area contributed by atoms with Gasteiger partial charge in [0.15, 0.2) is 0 Å². The van der Waals surface area contributed by atoms with Crippen molar-refractivity contribution in [2.75, 3.05) is 5.32 Å². The van der Waals surface area contributed by atoms with Crippen LogP contribution in [0.15, 0.2) is 48.8 Å². The Bertz CT molecular complexity index is 1210. The van der Waals surface area contributed by atoms with Crippen LogP contribution in [0.5, 0.6) is 0 Å². The Hall–Kier alpha value is -3.14. The van der Waals surface area contributed by atoms with E-state index in [1.54, 1.807) is 10.9 Å². The molecule has 2 aliphatic rings. The zero-order valence-electron chi connectivity index (χ0n) is 17.7. The number of fused-ring (bicyclic) bond motifs is 2. The summed E-state index contributed by atoms with van der Waals surface area (Å²) in [6.45, 7) is 2.51. The van der Waals surface area contributed by atoms with Crippen LogP contribution in [0, 0.1) is 24.7 Å². The van der Waals surface area contributed by atoms with Gasteiger partial charge in [-0.3, -0.25) is 9.48 Å². The molecule has 3 aromatic rings. The Balaban J connectivity index is 1.30. The zero-order valence-corrected chi connectivity index (χ0v) is 18.5. The van der Waals surface area contributed by atoms with E-state index in [4.69, 9.17) is 16.3 Å². The van der Waals surface area contributed by atoms with Gasteiger partial charge >= 0.3 is 0 Å². The van der Waals surface area contributed by atoms with Crippen LogP contribution in [0.3, 0.4) is 0 Å². The maximum Gasteiger partial charge on any atom is 0.276 e. The van der Waals surface area contributed by atoms with Crippen LogP contribution in [0.25, 0.3) is 0 Å². The van der Waals surface area contributed by atoms with E-state index in [2.05, 4.69) is 27.2 Å². The van der Waals surface area contributed by atoms with E-state index in [0.717, 1.165) is 36.0 Å². The predicted octanol–water partition coefficient (Wildman–Crippen LogP) is 4.46. The summed E-state index contributed by atoms with van der Waals surface area (Å²) in [4.78, 5) is 17.4. The van der Waals surface area contributed by atoms with Gasteiger partial charge in [-0.05, 0) is 49.9 Å². The number of hydrogen-bond acceptors (Lipinski definition) is 4. The fraction of sp³-hybridized carbons (Fsp3) is 0.320. The number of nitrogens with one attached hydrogen (secondary N) is 1. The number of pyridine rings is 1. The minimum absolute atomic E-state index is 0.257. The number of aromatic nitrogens is 3. The summed E-state index contributed by atoms with van der Waals surface area (Å²) >= 11 is 6.32. The molecular weight excluding hydrogens is 424 g/mol. The maximum absolute atomic E-state index is 13.0. The van der Waals surface area contributed by atoms with Gasteiger partial charge in [-0.25, -0.2) is 4.98 Å².